The Kier molecular flexibility index (Phi) is 4.65. The van der Waals surface area contributed by atoms with Crippen LogP contribution in [0.15, 0.2) is 29.2 Å². The number of hydrazine groups is 1. The average Bonchev–Trinajstić information content (AvgIpc) is 2.18. The predicted molar refractivity (Wildman–Crippen MR) is 64.0 cm³/mol. The number of hydrogen-bond donors (Lipinski definition) is 1. The van der Waals surface area contributed by atoms with E-state index in [9.17, 15) is 4.79 Å². The minimum Gasteiger partial charge on any atom is -0.285 e. The van der Waals surface area contributed by atoms with E-state index in [0.717, 1.165) is 5.75 Å². The average molecular weight is 224 g/mol. The zero-order valence-corrected chi connectivity index (χ0v) is 10.1. The van der Waals surface area contributed by atoms with Crippen molar-refractivity contribution in [2.45, 2.75) is 11.8 Å². The molecule has 0 atom stereocenters. The molecule has 0 fully saturated rings. The first-order valence-electron chi connectivity index (χ1n) is 4.84. The molecular weight excluding hydrogens is 208 g/mol. The Hall–Kier alpha value is -1.00. The number of carbonyl (C=O) groups is 1. The van der Waals surface area contributed by atoms with Gasteiger partial charge in [0.05, 0.1) is 0 Å². The number of benzene rings is 1. The van der Waals surface area contributed by atoms with E-state index in [4.69, 9.17) is 0 Å². The van der Waals surface area contributed by atoms with Gasteiger partial charge in [-0.25, -0.2) is 5.01 Å². The van der Waals surface area contributed by atoms with E-state index in [1.165, 1.54) is 4.90 Å². The highest BCUT2D eigenvalue weighted by Gasteiger charge is 2.05. The van der Waals surface area contributed by atoms with Gasteiger partial charge in [-0.05, 0) is 30.0 Å². The van der Waals surface area contributed by atoms with Crippen LogP contribution in [0.5, 0.6) is 0 Å². The van der Waals surface area contributed by atoms with Gasteiger partial charge in [0.15, 0.2) is 0 Å². The summed E-state index contributed by atoms with van der Waals surface area (Å²) in [7, 11) is 3.58. The van der Waals surface area contributed by atoms with Crippen LogP contribution in [0.25, 0.3) is 0 Å². The van der Waals surface area contributed by atoms with Crippen molar-refractivity contribution in [3.63, 3.8) is 0 Å². The van der Waals surface area contributed by atoms with Gasteiger partial charge in [-0.2, -0.15) is 0 Å². The molecule has 0 spiro atoms. The second-order valence-electron chi connectivity index (χ2n) is 3.29. The molecule has 4 heteroatoms. The first kappa shape index (κ1) is 12.1. The molecule has 0 saturated carbocycles. The van der Waals surface area contributed by atoms with Crippen LogP contribution in [-0.2, 0) is 0 Å². The fraction of sp³-hybridized carbons (Fsp3) is 0.364. The number of carbonyl (C=O) groups excluding carboxylic acids is 1. The number of nitrogens with zero attached hydrogens (tertiary/aromatic N) is 1. The molecular formula is C11H16N2OS. The Bertz CT molecular complexity index is 322. The first-order chi connectivity index (χ1) is 7.13. The lowest BCUT2D eigenvalue weighted by Gasteiger charge is -2.11. The lowest BCUT2D eigenvalue weighted by atomic mass is 10.2. The molecule has 1 amide bonds. The largest absolute Gasteiger partial charge is 0.285 e. The zero-order chi connectivity index (χ0) is 11.3. The molecule has 0 unspecified atom stereocenters. The van der Waals surface area contributed by atoms with E-state index < -0.39 is 0 Å². The number of amides is 1. The molecule has 3 nitrogen and oxygen atoms in total. The molecule has 1 aromatic carbocycles. The van der Waals surface area contributed by atoms with Crippen LogP contribution >= 0.6 is 11.8 Å². The molecule has 0 aliphatic rings. The van der Waals surface area contributed by atoms with Gasteiger partial charge in [0, 0.05) is 24.6 Å². The molecule has 15 heavy (non-hydrogen) atoms. The summed E-state index contributed by atoms with van der Waals surface area (Å²) in [5.41, 5.74) is 3.38. The molecule has 0 heterocycles. The van der Waals surface area contributed by atoms with E-state index >= 15 is 0 Å². The molecule has 0 bridgehead atoms. The van der Waals surface area contributed by atoms with Crippen molar-refractivity contribution in [2.75, 3.05) is 19.8 Å². The normalized spacial score (nSPS) is 10.4. The Balaban J connectivity index is 2.67. The summed E-state index contributed by atoms with van der Waals surface area (Å²) in [6, 6.07) is 7.63. The van der Waals surface area contributed by atoms with Gasteiger partial charge in [-0.1, -0.05) is 6.92 Å². The fourth-order valence-corrected chi connectivity index (χ4v) is 1.80. The van der Waals surface area contributed by atoms with Gasteiger partial charge in [-0.15, -0.1) is 11.8 Å². The van der Waals surface area contributed by atoms with E-state index in [-0.39, 0.29) is 5.91 Å². The number of rotatable bonds is 4. The molecule has 0 aliphatic heterocycles. The number of nitrogens with one attached hydrogen (secondary N) is 1. The standard InChI is InChI=1S/C11H16N2OS/c1-4-15-10-7-5-9(6-8-10)11(14)12-13(2)3/h5-8H,4H2,1-3H3,(H,12,14). The minimum atomic E-state index is -0.0759. The van der Waals surface area contributed by atoms with Crippen LogP contribution < -0.4 is 5.43 Å². The molecule has 0 aliphatic carbocycles. The summed E-state index contributed by atoms with van der Waals surface area (Å²) in [6.45, 7) is 2.11. The van der Waals surface area contributed by atoms with Gasteiger partial charge in [-0.3, -0.25) is 10.2 Å². The van der Waals surface area contributed by atoms with Gasteiger partial charge in [0.25, 0.3) is 5.91 Å². The van der Waals surface area contributed by atoms with E-state index in [1.54, 1.807) is 30.9 Å². The molecule has 1 rings (SSSR count). The lowest BCUT2D eigenvalue weighted by Crippen LogP contribution is -2.36. The Morgan fingerprint density at radius 3 is 2.40 bits per heavy atom. The van der Waals surface area contributed by atoms with E-state index in [0.29, 0.717) is 5.56 Å². The van der Waals surface area contributed by atoms with Crippen molar-refractivity contribution < 1.29 is 4.79 Å². The first-order valence-corrected chi connectivity index (χ1v) is 5.83. The highest BCUT2D eigenvalue weighted by Crippen LogP contribution is 2.17. The maximum absolute atomic E-state index is 11.6. The fourth-order valence-electron chi connectivity index (χ4n) is 1.14. The highest BCUT2D eigenvalue weighted by atomic mass is 32.2. The van der Waals surface area contributed by atoms with E-state index in [1.807, 2.05) is 24.3 Å². The van der Waals surface area contributed by atoms with Crippen LogP contribution in [0.3, 0.4) is 0 Å². The van der Waals surface area contributed by atoms with Crippen LogP contribution in [0.2, 0.25) is 0 Å². The Morgan fingerprint density at radius 1 is 1.33 bits per heavy atom. The third-order valence-corrected chi connectivity index (χ3v) is 2.65. The van der Waals surface area contributed by atoms with Crippen molar-refractivity contribution in [1.82, 2.24) is 10.4 Å². The van der Waals surface area contributed by atoms with Gasteiger partial charge in [0.2, 0.25) is 0 Å². The number of thioether (sulfide) groups is 1. The summed E-state index contributed by atoms with van der Waals surface area (Å²) in [6.07, 6.45) is 0. The highest BCUT2D eigenvalue weighted by molar-refractivity contribution is 7.99. The Labute approximate surface area is 94.8 Å². The maximum Gasteiger partial charge on any atom is 0.265 e. The third-order valence-electron chi connectivity index (χ3n) is 1.75. The maximum atomic E-state index is 11.6. The SMILES string of the molecule is CCSc1ccc(C(=O)NN(C)C)cc1. The summed E-state index contributed by atoms with van der Waals surface area (Å²) in [5.74, 6) is 0.969. The number of hydrogen-bond acceptors (Lipinski definition) is 3. The van der Waals surface area contributed by atoms with Crippen LogP contribution in [0.4, 0.5) is 0 Å². The van der Waals surface area contributed by atoms with Crippen molar-refractivity contribution in [1.29, 1.82) is 0 Å². The van der Waals surface area contributed by atoms with Crippen LogP contribution in [-0.4, -0.2) is 30.8 Å². The molecule has 1 N–H and O–H groups in total. The summed E-state index contributed by atoms with van der Waals surface area (Å²) in [5, 5.41) is 1.64. The minimum absolute atomic E-state index is 0.0759. The molecule has 1 aromatic rings. The molecule has 0 radical (unpaired) electrons. The predicted octanol–water partition coefficient (Wildman–Crippen LogP) is 2.00. The van der Waals surface area contributed by atoms with Gasteiger partial charge >= 0.3 is 0 Å². The van der Waals surface area contributed by atoms with Crippen molar-refractivity contribution in [3.8, 4) is 0 Å². The second kappa shape index (κ2) is 5.78. The molecule has 0 aromatic heterocycles. The van der Waals surface area contributed by atoms with Crippen LogP contribution in [0.1, 0.15) is 17.3 Å². The third kappa shape index (κ3) is 3.93. The van der Waals surface area contributed by atoms with E-state index in [2.05, 4.69) is 12.3 Å². The molecule has 82 valence electrons. The van der Waals surface area contributed by atoms with Gasteiger partial charge < -0.3 is 0 Å². The van der Waals surface area contributed by atoms with Crippen molar-refractivity contribution >= 4 is 17.7 Å². The molecule has 0 saturated heterocycles. The second-order valence-corrected chi connectivity index (χ2v) is 4.63. The smallest absolute Gasteiger partial charge is 0.265 e. The van der Waals surface area contributed by atoms with Gasteiger partial charge in [0.1, 0.15) is 0 Å². The Morgan fingerprint density at radius 2 is 1.93 bits per heavy atom. The summed E-state index contributed by atoms with van der Waals surface area (Å²) in [4.78, 5) is 12.8. The lowest BCUT2D eigenvalue weighted by molar-refractivity contribution is 0.0857. The zero-order valence-electron chi connectivity index (χ0n) is 9.28. The topological polar surface area (TPSA) is 32.3 Å². The van der Waals surface area contributed by atoms with Crippen molar-refractivity contribution in [3.05, 3.63) is 29.8 Å². The van der Waals surface area contributed by atoms with Crippen LogP contribution in [0, 0.1) is 0 Å². The monoisotopic (exact) mass is 224 g/mol. The quantitative estimate of drug-likeness (QED) is 0.627. The summed E-state index contributed by atoms with van der Waals surface area (Å²) >= 11 is 1.77. The summed E-state index contributed by atoms with van der Waals surface area (Å²) < 4.78 is 0. The van der Waals surface area contributed by atoms with Crippen molar-refractivity contribution in [2.24, 2.45) is 0 Å².